The molecule has 5 heteroatoms. The van der Waals surface area contributed by atoms with Gasteiger partial charge in [-0.3, -0.25) is 0 Å². The molecular formula is C16H15NO2S2. The van der Waals surface area contributed by atoms with Crippen LogP contribution >= 0.6 is 11.8 Å². The summed E-state index contributed by atoms with van der Waals surface area (Å²) in [5.41, 5.74) is 1.52. The number of aromatic nitrogens is 1. The molecule has 3 rings (SSSR count). The first-order valence-electron chi connectivity index (χ1n) is 6.52. The fourth-order valence-electron chi connectivity index (χ4n) is 2.32. The molecule has 0 aliphatic carbocycles. The zero-order chi connectivity index (χ0) is 14.9. The third kappa shape index (κ3) is 2.84. The third-order valence-corrected chi connectivity index (χ3v) is 5.69. The third-order valence-electron chi connectivity index (χ3n) is 3.35. The number of nitrogens with zero attached hydrogens (tertiary/aromatic N) is 1. The molecule has 0 amide bonds. The smallest absolute Gasteiger partial charge is 0.243 e. The number of hydrogen-bond acceptors (Lipinski definition) is 3. The zero-order valence-corrected chi connectivity index (χ0v) is 13.2. The van der Waals surface area contributed by atoms with Gasteiger partial charge in [0.05, 0.1) is 11.3 Å². The molecule has 0 spiro atoms. The molecule has 0 saturated carbocycles. The standard InChI is InChI=1S/C16H15NO2S2/c1-20-15-7-8-16-14(11-15)9-10-17(16)21(18,19)12-13-5-3-2-4-6-13/h2-11H,12H2,1H3. The molecule has 0 saturated heterocycles. The van der Waals surface area contributed by atoms with Gasteiger partial charge < -0.3 is 0 Å². The summed E-state index contributed by atoms with van der Waals surface area (Å²) in [5, 5.41) is 0.943. The summed E-state index contributed by atoms with van der Waals surface area (Å²) in [5.74, 6) is 0.00188. The number of fused-ring (bicyclic) bond motifs is 1. The quantitative estimate of drug-likeness (QED) is 0.688. The molecule has 0 radical (unpaired) electrons. The molecule has 0 aliphatic rings. The molecule has 3 nitrogen and oxygen atoms in total. The van der Waals surface area contributed by atoms with E-state index in [4.69, 9.17) is 0 Å². The first kappa shape index (κ1) is 14.2. The molecule has 0 fully saturated rings. The minimum atomic E-state index is -3.41. The molecule has 0 N–H and O–H groups in total. The van der Waals surface area contributed by atoms with Crippen LogP contribution in [0, 0.1) is 0 Å². The fraction of sp³-hybridized carbons (Fsp3) is 0.125. The van der Waals surface area contributed by atoms with E-state index in [9.17, 15) is 8.42 Å². The number of benzene rings is 2. The van der Waals surface area contributed by atoms with Crippen LogP contribution in [-0.4, -0.2) is 18.6 Å². The highest BCUT2D eigenvalue weighted by Crippen LogP contribution is 2.24. The van der Waals surface area contributed by atoms with E-state index in [0.717, 1.165) is 21.4 Å². The second-order valence-corrected chi connectivity index (χ2v) is 7.50. The molecule has 108 valence electrons. The minimum absolute atomic E-state index is 0.00188. The van der Waals surface area contributed by atoms with Gasteiger partial charge in [0.15, 0.2) is 0 Å². The van der Waals surface area contributed by atoms with Gasteiger partial charge in [-0.1, -0.05) is 30.3 Å². The lowest BCUT2D eigenvalue weighted by atomic mass is 10.2. The predicted molar refractivity (Wildman–Crippen MR) is 88.2 cm³/mol. The lowest BCUT2D eigenvalue weighted by Gasteiger charge is -2.08. The highest BCUT2D eigenvalue weighted by molar-refractivity contribution is 7.98. The Bertz CT molecular complexity index is 868. The van der Waals surface area contributed by atoms with Crippen LogP contribution in [0.15, 0.2) is 65.7 Å². The minimum Gasteiger partial charge on any atom is -0.245 e. The summed E-state index contributed by atoms with van der Waals surface area (Å²) in [6.45, 7) is 0. The Labute approximate surface area is 128 Å². The number of thioether (sulfide) groups is 1. The Morgan fingerprint density at radius 1 is 1.05 bits per heavy atom. The largest absolute Gasteiger partial charge is 0.245 e. The van der Waals surface area contributed by atoms with Crippen molar-refractivity contribution >= 4 is 32.7 Å². The van der Waals surface area contributed by atoms with Crippen LogP contribution in [0.3, 0.4) is 0 Å². The number of hydrogen-bond donors (Lipinski definition) is 0. The van der Waals surface area contributed by atoms with Crippen molar-refractivity contribution in [2.45, 2.75) is 10.6 Å². The summed E-state index contributed by atoms with van der Waals surface area (Å²) in [4.78, 5) is 1.13. The van der Waals surface area contributed by atoms with Gasteiger partial charge in [-0.2, -0.15) is 0 Å². The normalized spacial score (nSPS) is 11.9. The van der Waals surface area contributed by atoms with Crippen molar-refractivity contribution in [3.8, 4) is 0 Å². The molecule has 0 aliphatic heterocycles. The van der Waals surface area contributed by atoms with Crippen molar-refractivity contribution in [2.75, 3.05) is 6.26 Å². The SMILES string of the molecule is CSc1ccc2c(ccn2S(=O)(=O)Cc2ccccc2)c1. The summed E-state index contributed by atoms with van der Waals surface area (Å²) >= 11 is 1.64. The zero-order valence-electron chi connectivity index (χ0n) is 11.6. The van der Waals surface area contributed by atoms with Gasteiger partial charge in [0.25, 0.3) is 0 Å². The maximum atomic E-state index is 12.6. The fourth-order valence-corrected chi connectivity index (χ4v) is 4.23. The van der Waals surface area contributed by atoms with E-state index < -0.39 is 10.0 Å². The van der Waals surface area contributed by atoms with Gasteiger partial charge in [-0.05, 0) is 36.1 Å². The van der Waals surface area contributed by atoms with E-state index in [1.807, 2.05) is 60.9 Å². The van der Waals surface area contributed by atoms with Crippen LogP contribution in [-0.2, 0) is 15.8 Å². The lowest BCUT2D eigenvalue weighted by Crippen LogP contribution is -2.13. The van der Waals surface area contributed by atoms with Gasteiger partial charge in [0.1, 0.15) is 0 Å². The van der Waals surface area contributed by atoms with Crippen LogP contribution in [0.5, 0.6) is 0 Å². The monoisotopic (exact) mass is 317 g/mol. The van der Waals surface area contributed by atoms with Gasteiger partial charge in [-0.15, -0.1) is 11.8 Å². The topological polar surface area (TPSA) is 39.1 Å². The van der Waals surface area contributed by atoms with E-state index in [1.165, 1.54) is 3.97 Å². The summed E-state index contributed by atoms with van der Waals surface area (Å²) in [6.07, 6.45) is 3.64. The summed E-state index contributed by atoms with van der Waals surface area (Å²) in [7, 11) is -3.41. The average Bonchev–Trinajstić information content (AvgIpc) is 2.91. The van der Waals surface area contributed by atoms with Crippen molar-refractivity contribution in [1.82, 2.24) is 3.97 Å². The van der Waals surface area contributed by atoms with E-state index >= 15 is 0 Å². The molecule has 1 heterocycles. The second kappa shape index (κ2) is 5.58. The van der Waals surface area contributed by atoms with E-state index in [1.54, 1.807) is 18.0 Å². The first-order valence-corrected chi connectivity index (χ1v) is 9.36. The van der Waals surface area contributed by atoms with Crippen molar-refractivity contribution in [3.63, 3.8) is 0 Å². The Balaban J connectivity index is 2.03. The van der Waals surface area contributed by atoms with Crippen LogP contribution in [0.2, 0.25) is 0 Å². The highest BCUT2D eigenvalue weighted by Gasteiger charge is 2.16. The predicted octanol–water partition coefficient (Wildman–Crippen LogP) is 3.74. The van der Waals surface area contributed by atoms with Gasteiger partial charge in [-0.25, -0.2) is 12.4 Å². The molecule has 0 bridgehead atoms. The van der Waals surface area contributed by atoms with Crippen molar-refractivity contribution < 1.29 is 8.42 Å². The Hall–Kier alpha value is -1.72. The summed E-state index contributed by atoms with van der Waals surface area (Å²) in [6, 6.07) is 16.9. The lowest BCUT2D eigenvalue weighted by molar-refractivity contribution is 0.588. The highest BCUT2D eigenvalue weighted by atomic mass is 32.2. The van der Waals surface area contributed by atoms with Crippen molar-refractivity contribution in [2.24, 2.45) is 0 Å². The number of rotatable bonds is 4. The Morgan fingerprint density at radius 3 is 2.52 bits per heavy atom. The van der Waals surface area contributed by atoms with Crippen LogP contribution in [0.4, 0.5) is 0 Å². The summed E-state index contributed by atoms with van der Waals surface area (Å²) < 4.78 is 26.6. The van der Waals surface area contributed by atoms with Crippen LogP contribution < -0.4 is 0 Å². The van der Waals surface area contributed by atoms with Crippen molar-refractivity contribution in [3.05, 3.63) is 66.4 Å². The van der Waals surface area contributed by atoms with Crippen molar-refractivity contribution in [1.29, 1.82) is 0 Å². The molecule has 2 aromatic carbocycles. The molecule has 0 atom stereocenters. The Morgan fingerprint density at radius 2 is 1.81 bits per heavy atom. The average molecular weight is 317 g/mol. The van der Waals surface area contributed by atoms with Gasteiger partial charge in [0.2, 0.25) is 10.0 Å². The molecular weight excluding hydrogens is 302 g/mol. The van der Waals surface area contributed by atoms with Crippen LogP contribution in [0.25, 0.3) is 10.9 Å². The molecule has 21 heavy (non-hydrogen) atoms. The van der Waals surface area contributed by atoms with E-state index in [2.05, 4.69) is 0 Å². The molecule has 1 aromatic heterocycles. The van der Waals surface area contributed by atoms with E-state index in [-0.39, 0.29) is 5.75 Å². The Kier molecular flexibility index (Phi) is 3.78. The van der Waals surface area contributed by atoms with Gasteiger partial charge >= 0.3 is 0 Å². The molecule has 0 unspecified atom stereocenters. The van der Waals surface area contributed by atoms with Gasteiger partial charge in [0, 0.05) is 16.5 Å². The second-order valence-electron chi connectivity index (χ2n) is 4.78. The van der Waals surface area contributed by atoms with E-state index in [0.29, 0.717) is 0 Å². The molecule has 3 aromatic rings. The maximum Gasteiger partial charge on any atom is 0.243 e. The van der Waals surface area contributed by atoms with Crippen LogP contribution in [0.1, 0.15) is 5.56 Å². The maximum absolute atomic E-state index is 12.6. The first-order chi connectivity index (χ1) is 10.1.